The molecule has 294 valence electrons. The molecule has 5 rings (SSSR count). The number of hydrogen-bond donors (Lipinski definition) is 2. The number of esters is 2. The number of benzene rings is 1. The number of carbonyl (C=O) groups excluding carboxylic acids is 4. The molecule has 1 spiro atoms. The fourth-order valence-corrected chi connectivity index (χ4v) is 8.63. The summed E-state index contributed by atoms with van der Waals surface area (Å²) in [6, 6.07) is 2.61. The summed E-state index contributed by atoms with van der Waals surface area (Å²) in [6.45, 7) is 22.9. The fourth-order valence-electron chi connectivity index (χ4n) is 7.62. The van der Waals surface area contributed by atoms with Gasteiger partial charge in [0.2, 0.25) is 0 Å². The van der Waals surface area contributed by atoms with Gasteiger partial charge in [-0.15, -0.1) is 0 Å². The predicted octanol–water partition coefficient (Wildman–Crippen LogP) is 5.45. The number of ether oxygens (including phenoxy) is 5. The van der Waals surface area contributed by atoms with Crippen LogP contribution < -0.4 is 14.5 Å². The third kappa shape index (κ3) is 7.68. The molecule has 2 bridgehead atoms. The van der Waals surface area contributed by atoms with Crippen LogP contribution >= 0.6 is 0 Å². The second kappa shape index (κ2) is 13.6. The van der Waals surface area contributed by atoms with Gasteiger partial charge in [0.15, 0.2) is 18.0 Å². The summed E-state index contributed by atoms with van der Waals surface area (Å²) in [5.41, 5.74) is -1.91. The first-order valence-corrected chi connectivity index (χ1v) is 21.4. The minimum absolute atomic E-state index is 0.0797. The number of carbonyl (C=O) groups is 4. The fraction of sp³-hybridized carbons (Fsp3) is 0.692. The van der Waals surface area contributed by atoms with Gasteiger partial charge in [0.05, 0.1) is 17.4 Å². The van der Waals surface area contributed by atoms with Crippen LogP contribution in [0.5, 0.6) is 11.5 Å². The zero-order valence-corrected chi connectivity index (χ0v) is 34.6. The van der Waals surface area contributed by atoms with Gasteiger partial charge in [-0.2, -0.15) is 0 Å². The van der Waals surface area contributed by atoms with Gasteiger partial charge in [0.25, 0.3) is 14.2 Å². The predicted molar refractivity (Wildman–Crippen MR) is 198 cm³/mol. The molecule has 1 fully saturated rings. The first-order chi connectivity index (χ1) is 24.2. The number of nitrogens with zero attached hydrogens (tertiary/aromatic N) is 1. The van der Waals surface area contributed by atoms with Crippen molar-refractivity contribution in [2.45, 2.75) is 160 Å². The van der Waals surface area contributed by atoms with E-state index in [4.69, 9.17) is 28.1 Å². The molecule has 1 aromatic rings. The average molecular weight is 759 g/mol. The Morgan fingerprint density at radius 1 is 1.04 bits per heavy atom. The summed E-state index contributed by atoms with van der Waals surface area (Å²) < 4.78 is 35.5. The van der Waals surface area contributed by atoms with Gasteiger partial charge in [-0.25, -0.2) is 9.59 Å². The molecule has 53 heavy (non-hydrogen) atoms. The molecular formula is C39H58N2O11Si. The van der Waals surface area contributed by atoms with E-state index >= 15 is 0 Å². The van der Waals surface area contributed by atoms with E-state index in [-0.39, 0.29) is 23.3 Å². The van der Waals surface area contributed by atoms with Crippen LogP contribution in [0.2, 0.25) is 18.1 Å². The normalized spacial score (nSPS) is 26.2. The lowest BCUT2D eigenvalue weighted by Crippen LogP contribution is -2.74. The van der Waals surface area contributed by atoms with Crippen LogP contribution in [-0.2, 0) is 45.2 Å². The van der Waals surface area contributed by atoms with Gasteiger partial charge in [-0.3, -0.25) is 9.59 Å². The Morgan fingerprint density at radius 2 is 1.68 bits per heavy atom. The zero-order valence-electron chi connectivity index (χ0n) is 33.6. The Hall–Kier alpha value is -3.62. The highest BCUT2D eigenvalue weighted by atomic mass is 28.4. The van der Waals surface area contributed by atoms with Crippen molar-refractivity contribution in [1.29, 1.82) is 0 Å². The number of aliphatic hydroxyl groups is 1. The summed E-state index contributed by atoms with van der Waals surface area (Å²) in [5.74, 6) is -1.07. The molecule has 0 saturated carbocycles. The maximum absolute atomic E-state index is 13.7. The average Bonchev–Trinajstić information content (AvgIpc) is 3.34. The lowest BCUT2D eigenvalue weighted by atomic mass is 9.50. The molecule has 6 atom stereocenters. The maximum Gasteiger partial charge on any atom is 0.509 e. The van der Waals surface area contributed by atoms with Gasteiger partial charge in [0.1, 0.15) is 28.8 Å². The second-order valence-electron chi connectivity index (χ2n) is 18.5. The molecule has 2 unspecified atom stereocenters. The zero-order chi connectivity index (χ0) is 39.7. The van der Waals surface area contributed by atoms with Crippen LogP contribution in [0.25, 0.3) is 0 Å². The Kier molecular flexibility index (Phi) is 10.4. The first kappa shape index (κ1) is 40.6. The van der Waals surface area contributed by atoms with Crippen LogP contribution in [-0.4, -0.2) is 97.0 Å². The van der Waals surface area contributed by atoms with E-state index < -0.39 is 79.2 Å². The van der Waals surface area contributed by atoms with Crippen LogP contribution in [0.15, 0.2) is 24.0 Å². The van der Waals surface area contributed by atoms with Gasteiger partial charge >= 0.3 is 18.1 Å². The van der Waals surface area contributed by atoms with E-state index in [0.717, 1.165) is 11.1 Å². The third-order valence-corrected chi connectivity index (χ3v) is 15.5. The summed E-state index contributed by atoms with van der Waals surface area (Å²) in [4.78, 5) is 54.6. The van der Waals surface area contributed by atoms with E-state index in [9.17, 15) is 24.3 Å². The number of likely N-dealkylation sites (N-methyl/N-ethyl adjacent to an activating group) is 1. The molecule has 0 radical (unpaired) electrons. The van der Waals surface area contributed by atoms with E-state index in [1.807, 2.05) is 13.1 Å². The summed E-state index contributed by atoms with van der Waals surface area (Å²) >= 11 is 0. The number of rotatable bonds is 9. The number of hydrogen-bond acceptors (Lipinski definition) is 12. The third-order valence-electron chi connectivity index (χ3n) is 11.1. The Morgan fingerprint density at radius 3 is 2.28 bits per heavy atom. The molecule has 13 nitrogen and oxygen atoms in total. The minimum Gasteiger partial charge on any atom is -0.541 e. The second-order valence-corrected chi connectivity index (χ2v) is 23.2. The molecule has 14 heteroatoms. The highest BCUT2D eigenvalue weighted by Crippen LogP contribution is 2.65. The molecule has 2 heterocycles. The molecule has 2 aliphatic carbocycles. The van der Waals surface area contributed by atoms with Crippen molar-refractivity contribution in [3.63, 3.8) is 0 Å². The highest BCUT2D eigenvalue weighted by molar-refractivity contribution is 6.74. The van der Waals surface area contributed by atoms with Crippen LogP contribution in [0.3, 0.4) is 0 Å². The molecule has 2 N–H and O–H groups in total. The van der Waals surface area contributed by atoms with Crippen molar-refractivity contribution in [3.8, 4) is 11.5 Å². The van der Waals surface area contributed by atoms with Crippen LogP contribution in [0.4, 0.5) is 4.79 Å². The summed E-state index contributed by atoms with van der Waals surface area (Å²) in [6.07, 6.45) is -1.13. The van der Waals surface area contributed by atoms with E-state index in [0.29, 0.717) is 30.9 Å². The Bertz CT molecular complexity index is 1660. The van der Waals surface area contributed by atoms with E-state index in [2.05, 4.69) is 50.1 Å². The van der Waals surface area contributed by atoms with E-state index in [1.165, 1.54) is 6.92 Å². The lowest BCUT2D eigenvalue weighted by Gasteiger charge is -2.61. The van der Waals surface area contributed by atoms with Crippen LogP contribution in [0, 0.1) is 0 Å². The quantitative estimate of drug-likeness (QED) is 0.187. The van der Waals surface area contributed by atoms with Gasteiger partial charge < -0.3 is 43.4 Å². The number of nitrogens with one attached hydrogen (secondary N) is 1. The number of piperidine rings is 1. The van der Waals surface area contributed by atoms with Gasteiger partial charge in [0, 0.05) is 18.0 Å². The van der Waals surface area contributed by atoms with Crippen molar-refractivity contribution in [1.82, 2.24) is 10.2 Å². The first-order valence-electron chi connectivity index (χ1n) is 18.5. The molecule has 0 aromatic heterocycles. The standard InChI is InChI=1S/C39H58N2O11Si/c1-22(40-32(43)26(21-28(42)50-35(2,3)4)48-34(45)51-36(5,6)7)33(44)47-25-16-17-39(46)27-20-23-14-15-24(52-53(12,13)37(8,9)10)30-29(23)38(39,31(25)49-30)18-19-41(27)11/h14-16,22,26-27,31,46H,17-21H2,1-13H3,(H,40,43)/t22?,26?,27-,31+,38+,39-/m1/s1. The summed E-state index contributed by atoms with van der Waals surface area (Å²) in [7, 11) is -0.283. The number of likely N-dealkylation sites (tertiary alicyclic amines) is 1. The SMILES string of the molecule is CC(NC(=O)C(CC(=O)OC(C)(C)C)OC(=O)OC(C)(C)C)C(=O)OC1=CC[C@@]2(O)[C@H]3Cc4ccc(O[Si](C)(C)C(C)(C)C)c5c4[C@@]2(CCN3C)[C@H]1O5. The van der Waals surface area contributed by atoms with Crippen molar-refractivity contribution in [3.05, 3.63) is 35.1 Å². The smallest absolute Gasteiger partial charge is 0.509 e. The monoisotopic (exact) mass is 758 g/mol. The topological polar surface area (TPSA) is 159 Å². The number of amides is 1. The van der Waals surface area contributed by atoms with Crippen LogP contribution in [0.1, 0.15) is 99.6 Å². The molecule has 1 aromatic carbocycles. The Labute approximate surface area is 314 Å². The van der Waals surface area contributed by atoms with Crippen molar-refractivity contribution >= 4 is 32.3 Å². The minimum atomic E-state index is -2.30. The summed E-state index contributed by atoms with van der Waals surface area (Å²) in [5, 5.41) is 15.1. The molecule has 4 aliphatic rings. The molecule has 1 saturated heterocycles. The highest BCUT2D eigenvalue weighted by Gasteiger charge is 2.72. The van der Waals surface area contributed by atoms with Crippen molar-refractivity contribution in [2.24, 2.45) is 0 Å². The van der Waals surface area contributed by atoms with E-state index in [1.54, 1.807) is 47.6 Å². The van der Waals surface area contributed by atoms with Crippen molar-refractivity contribution < 1.29 is 52.4 Å². The molecule has 1 amide bonds. The molecular weight excluding hydrogens is 701 g/mol. The molecule has 2 aliphatic heterocycles. The Balaban J connectivity index is 1.40. The largest absolute Gasteiger partial charge is 0.541 e. The van der Waals surface area contributed by atoms with Crippen molar-refractivity contribution in [2.75, 3.05) is 13.6 Å². The lowest BCUT2D eigenvalue weighted by molar-refractivity contribution is -0.170. The van der Waals surface area contributed by atoms with Gasteiger partial charge in [-0.1, -0.05) is 26.8 Å². The maximum atomic E-state index is 13.7. The van der Waals surface area contributed by atoms with Gasteiger partial charge in [-0.05, 0) is 111 Å².